The van der Waals surface area contributed by atoms with Crippen LogP contribution in [0.3, 0.4) is 0 Å². The summed E-state index contributed by atoms with van der Waals surface area (Å²) in [5.74, 6) is 1.37. The van der Waals surface area contributed by atoms with E-state index in [1.54, 1.807) is 6.07 Å². The van der Waals surface area contributed by atoms with E-state index in [9.17, 15) is 0 Å². The van der Waals surface area contributed by atoms with Gasteiger partial charge in [0.2, 0.25) is 6.79 Å². The Balaban J connectivity index is 2.18. The Morgan fingerprint density at radius 3 is 2.87 bits per heavy atom. The van der Waals surface area contributed by atoms with Crippen molar-refractivity contribution >= 4 is 11.0 Å². The van der Waals surface area contributed by atoms with Crippen molar-refractivity contribution in [3.05, 3.63) is 17.8 Å². The molecule has 1 N–H and O–H groups in total. The Hall–Kier alpha value is -1.75. The van der Waals surface area contributed by atoms with E-state index in [-0.39, 0.29) is 13.4 Å². The zero-order chi connectivity index (χ0) is 10.3. The molecule has 15 heavy (non-hydrogen) atoms. The van der Waals surface area contributed by atoms with Crippen molar-refractivity contribution in [1.82, 2.24) is 5.16 Å². The number of ether oxygens (including phenoxy) is 2. The molecule has 78 valence electrons. The molecule has 1 aliphatic heterocycles. The van der Waals surface area contributed by atoms with Gasteiger partial charge in [0.25, 0.3) is 0 Å². The molecule has 5 nitrogen and oxygen atoms in total. The first-order valence-electron chi connectivity index (χ1n) is 4.67. The summed E-state index contributed by atoms with van der Waals surface area (Å²) >= 11 is 0. The first-order valence-corrected chi connectivity index (χ1v) is 4.67. The van der Waals surface area contributed by atoms with E-state index in [2.05, 4.69) is 5.16 Å². The minimum atomic E-state index is 0.0517. The fraction of sp³-hybridized carbons (Fsp3) is 0.300. The quantitative estimate of drug-likeness (QED) is 0.798. The Morgan fingerprint density at radius 1 is 1.27 bits per heavy atom. The van der Waals surface area contributed by atoms with Gasteiger partial charge in [-0.1, -0.05) is 5.16 Å². The van der Waals surface area contributed by atoms with Gasteiger partial charge in [-0.25, -0.2) is 0 Å². The topological polar surface area (TPSA) is 64.7 Å². The second-order valence-corrected chi connectivity index (χ2v) is 3.30. The van der Waals surface area contributed by atoms with Crippen LogP contribution in [0.25, 0.3) is 11.0 Å². The molecule has 5 heteroatoms. The molecule has 0 unspecified atom stereocenters. The van der Waals surface area contributed by atoms with E-state index < -0.39 is 0 Å². The predicted octanol–water partition coefficient (Wildman–Crippen LogP) is 1.09. The fourth-order valence-corrected chi connectivity index (χ4v) is 1.66. The third-order valence-corrected chi connectivity index (χ3v) is 2.39. The van der Waals surface area contributed by atoms with Gasteiger partial charge in [0, 0.05) is 24.5 Å². The van der Waals surface area contributed by atoms with Crippen LogP contribution in [0.5, 0.6) is 11.5 Å². The Labute approximate surface area is 85.2 Å². The van der Waals surface area contributed by atoms with Crippen LogP contribution in [0.4, 0.5) is 0 Å². The average Bonchev–Trinajstić information content (AvgIpc) is 2.82. The summed E-state index contributed by atoms with van der Waals surface area (Å²) in [6.45, 7) is 0.292. The number of hydrogen-bond donors (Lipinski definition) is 1. The van der Waals surface area contributed by atoms with Crippen molar-refractivity contribution in [3.63, 3.8) is 0 Å². The van der Waals surface area contributed by atoms with Crippen molar-refractivity contribution in [2.75, 3.05) is 13.4 Å². The second-order valence-electron chi connectivity index (χ2n) is 3.30. The van der Waals surface area contributed by atoms with Gasteiger partial charge in [-0.05, 0) is 6.07 Å². The molecule has 1 aromatic heterocycles. The van der Waals surface area contributed by atoms with E-state index in [4.69, 9.17) is 19.1 Å². The lowest BCUT2D eigenvalue weighted by atomic mass is 10.1. The molecule has 0 radical (unpaired) electrons. The SMILES string of the molecule is OCCc1noc2cc3c(cc12)OCO3. The van der Waals surface area contributed by atoms with E-state index in [1.165, 1.54) is 0 Å². The smallest absolute Gasteiger partial charge is 0.231 e. The number of fused-ring (bicyclic) bond motifs is 2. The van der Waals surface area contributed by atoms with Gasteiger partial charge in [-0.15, -0.1) is 0 Å². The molecule has 0 bridgehead atoms. The highest BCUT2D eigenvalue weighted by Crippen LogP contribution is 2.37. The third-order valence-electron chi connectivity index (χ3n) is 2.39. The zero-order valence-electron chi connectivity index (χ0n) is 7.90. The molecule has 0 saturated heterocycles. The van der Waals surface area contributed by atoms with Gasteiger partial charge in [0.1, 0.15) is 0 Å². The largest absolute Gasteiger partial charge is 0.454 e. The van der Waals surface area contributed by atoms with Crippen LogP contribution in [0.1, 0.15) is 5.69 Å². The molecule has 0 aliphatic carbocycles. The van der Waals surface area contributed by atoms with Crippen LogP contribution in [-0.2, 0) is 6.42 Å². The van der Waals surface area contributed by atoms with E-state index in [1.807, 2.05) is 6.07 Å². The second kappa shape index (κ2) is 3.13. The van der Waals surface area contributed by atoms with Gasteiger partial charge < -0.3 is 19.1 Å². The first-order chi connectivity index (χ1) is 7.38. The van der Waals surface area contributed by atoms with E-state index in [0.717, 1.165) is 11.1 Å². The third kappa shape index (κ3) is 1.24. The molecule has 2 heterocycles. The highest BCUT2D eigenvalue weighted by atomic mass is 16.7. The molecule has 0 amide bonds. The summed E-state index contributed by atoms with van der Waals surface area (Å²) in [4.78, 5) is 0. The summed E-state index contributed by atoms with van der Waals surface area (Å²) in [5, 5.41) is 13.6. The molecule has 0 atom stereocenters. The van der Waals surface area contributed by atoms with Gasteiger partial charge in [0.15, 0.2) is 17.1 Å². The lowest BCUT2D eigenvalue weighted by Crippen LogP contribution is -1.93. The van der Waals surface area contributed by atoms with E-state index >= 15 is 0 Å². The lowest BCUT2D eigenvalue weighted by Gasteiger charge is -1.95. The van der Waals surface area contributed by atoms with Crippen molar-refractivity contribution in [2.45, 2.75) is 6.42 Å². The molecule has 0 saturated carbocycles. The molecule has 0 spiro atoms. The minimum Gasteiger partial charge on any atom is -0.454 e. The standard InChI is InChI=1S/C10H9NO4/c12-2-1-7-6-3-9-10(14-5-13-9)4-8(6)15-11-7/h3-4,12H,1-2,5H2. The fourth-order valence-electron chi connectivity index (χ4n) is 1.66. The number of hydrogen-bond acceptors (Lipinski definition) is 5. The highest BCUT2D eigenvalue weighted by molar-refractivity contribution is 5.83. The van der Waals surface area contributed by atoms with Crippen molar-refractivity contribution in [2.24, 2.45) is 0 Å². The number of nitrogens with zero attached hydrogens (tertiary/aromatic N) is 1. The number of aromatic nitrogens is 1. The van der Waals surface area contributed by atoms with Crippen molar-refractivity contribution in [1.29, 1.82) is 0 Å². The maximum Gasteiger partial charge on any atom is 0.231 e. The summed E-state index contributed by atoms with van der Waals surface area (Å²) in [6, 6.07) is 3.59. The molecular weight excluding hydrogens is 198 g/mol. The Bertz CT molecular complexity index is 505. The maximum absolute atomic E-state index is 8.85. The minimum absolute atomic E-state index is 0.0517. The van der Waals surface area contributed by atoms with Crippen LogP contribution < -0.4 is 9.47 Å². The molecule has 1 aromatic carbocycles. The van der Waals surface area contributed by atoms with Crippen LogP contribution in [0, 0.1) is 0 Å². The van der Waals surface area contributed by atoms with Crippen LogP contribution in [-0.4, -0.2) is 23.7 Å². The normalized spacial score (nSPS) is 13.7. The number of aliphatic hydroxyl groups is 1. The average molecular weight is 207 g/mol. The summed E-state index contributed by atoms with van der Waals surface area (Å²) in [7, 11) is 0. The Morgan fingerprint density at radius 2 is 2.07 bits per heavy atom. The van der Waals surface area contributed by atoms with E-state index in [0.29, 0.717) is 23.5 Å². The summed E-state index contributed by atoms with van der Waals surface area (Å²) < 4.78 is 15.6. The lowest BCUT2D eigenvalue weighted by molar-refractivity contribution is 0.174. The molecular formula is C10H9NO4. The monoisotopic (exact) mass is 207 g/mol. The van der Waals surface area contributed by atoms with Crippen molar-refractivity contribution in [3.8, 4) is 11.5 Å². The van der Waals surface area contributed by atoms with Gasteiger partial charge in [-0.2, -0.15) is 0 Å². The maximum atomic E-state index is 8.85. The molecule has 1 aliphatic rings. The van der Waals surface area contributed by atoms with Crippen LogP contribution >= 0.6 is 0 Å². The molecule has 2 aromatic rings. The Kier molecular flexibility index (Phi) is 1.78. The summed E-state index contributed by atoms with van der Waals surface area (Å²) in [6.07, 6.45) is 0.479. The predicted molar refractivity (Wildman–Crippen MR) is 50.9 cm³/mol. The van der Waals surface area contributed by atoms with Gasteiger partial charge in [0.05, 0.1) is 5.69 Å². The zero-order valence-corrected chi connectivity index (χ0v) is 7.90. The first kappa shape index (κ1) is 8.55. The molecule has 0 fully saturated rings. The number of benzene rings is 1. The molecule has 3 rings (SSSR count). The van der Waals surface area contributed by atoms with Crippen LogP contribution in [0.2, 0.25) is 0 Å². The van der Waals surface area contributed by atoms with Gasteiger partial charge >= 0.3 is 0 Å². The number of aliphatic hydroxyl groups excluding tert-OH is 1. The van der Waals surface area contributed by atoms with Gasteiger partial charge in [-0.3, -0.25) is 0 Å². The van der Waals surface area contributed by atoms with Crippen molar-refractivity contribution < 1.29 is 19.1 Å². The summed E-state index contributed by atoms with van der Waals surface area (Å²) in [5.41, 5.74) is 1.40. The number of rotatable bonds is 2. The van der Waals surface area contributed by atoms with Crippen LogP contribution in [0.15, 0.2) is 16.7 Å². The highest BCUT2D eigenvalue weighted by Gasteiger charge is 2.18.